The molecule has 2 amide bonds. The van der Waals surface area contributed by atoms with Gasteiger partial charge in [0.25, 0.3) is 0 Å². The fraction of sp³-hybridized carbons (Fsp3) is 0.444. The quantitative estimate of drug-likeness (QED) is 0.935. The fourth-order valence-corrected chi connectivity index (χ4v) is 3.05. The molecule has 1 atom stereocenters. The van der Waals surface area contributed by atoms with E-state index < -0.39 is 0 Å². The SMILES string of the molecule is Cc1ccc(CN2Cc3ccnn3[C@H](CNC(=O)N(C)C)C2)cc1. The van der Waals surface area contributed by atoms with Gasteiger partial charge in [-0.1, -0.05) is 29.8 Å². The van der Waals surface area contributed by atoms with Crippen LogP contribution in [0.4, 0.5) is 4.79 Å². The summed E-state index contributed by atoms with van der Waals surface area (Å²) in [6, 6.07) is 10.8. The molecule has 0 radical (unpaired) electrons. The number of hydrogen-bond acceptors (Lipinski definition) is 3. The van der Waals surface area contributed by atoms with Crippen molar-refractivity contribution in [3.63, 3.8) is 0 Å². The third-order valence-electron chi connectivity index (χ3n) is 4.37. The van der Waals surface area contributed by atoms with Gasteiger partial charge in [-0.3, -0.25) is 9.58 Å². The Labute approximate surface area is 143 Å². The van der Waals surface area contributed by atoms with Gasteiger partial charge in [-0.05, 0) is 18.6 Å². The summed E-state index contributed by atoms with van der Waals surface area (Å²) in [5.41, 5.74) is 3.78. The number of urea groups is 1. The third kappa shape index (κ3) is 3.76. The third-order valence-corrected chi connectivity index (χ3v) is 4.37. The molecule has 1 aromatic heterocycles. The molecule has 1 N–H and O–H groups in total. The monoisotopic (exact) mass is 327 g/mol. The Balaban J connectivity index is 1.68. The van der Waals surface area contributed by atoms with Crippen LogP contribution >= 0.6 is 0 Å². The van der Waals surface area contributed by atoms with Crippen LogP contribution in [0, 0.1) is 6.92 Å². The number of amides is 2. The Morgan fingerprint density at radius 3 is 2.75 bits per heavy atom. The van der Waals surface area contributed by atoms with Crippen molar-refractivity contribution >= 4 is 6.03 Å². The normalized spacial score (nSPS) is 17.4. The fourth-order valence-electron chi connectivity index (χ4n) is 3.05. The lowest BCUT2D eigenvalue weighted by atomic mass is 10.1. The van der Waals surface area contributed by atoms with Gasteiger partial charge in [-0.15, -0.1) is 0 Å². The Kier molecular flexibility index (Phi) is 4.85. The maximum Gasteiger partial charge on any atom is 0.316 e. The van der Waals surface area contributed by atoms with Crippen LogP contribution in [0.1, 0.15) is 22.9 Å². The molecule has 0 unspecified atom stereocenters. The molecule has 0 saturated carbocycles. The zero-order valence-corrected chi connectivity index (χ0v) is 14.6. The molecule has 0 fully saturated rings. The molecule has 3 rings (SSSR count). The largest absolute Gasteiger partial charge is 0.336 e. The van der Waals surface area contributed by atoms with Gasteiger partial charge < -0.3 is 10.2 Å². The first-order valence-electron chi connectivity index (χ1n) is 8.28. The Bertz CT molecular complexity index is 692. The second-order valence-corrected chi connectivity index (χ2v) is 6.66. The van der Waals surface area contributed by atoms with Crippen LogP contribution in [-0.2, 0) is 13.1 Å². The summed E-state index contributed by atoms with van der Waals surface area (Å²) in [5, 5.41) is 7.41. The predicted octanol–water partition coefficient (Wildman–Crippen LogP) is 2.02. The Morgan fingerprint density at radius 2 is 2.04 bits per heavy atom. The van der Waals surface area contributed by atoms with Crippen molar-refractivity contribution in [2.75, 3.05) is 27.2 Å². The van der Waals surface area contributed by atoms with Gasteiger partial charge >= 0.3 is 6.03 Å². The average Bonchev–Trinajstić information content (AvgIpc) is 3.03. The molecular formula is C18H25N5O. The Hall–Kier alpha value is -2.34. The van der Waals surface area contributed by atoms with Gasteiger partial charge in [-0.2, -0.15) is 5.10 Å². The van der Waals surface area contributed by atoms with Crippen LogP contribution in [-0.4, -0.2) is 52.8 Å². The minimum absolute atomic E-state index is 0.0700. The topological polar surface area (TPSA) is 53.4 Å². The zero-order valence-electron chi connectivity index (χ0n) is 14.6. The number of nitrogens with one attached hydrogen (secondary N) is 1. The summed E-state index contributed by atoms with van der Waals surface area (Å²) in [7, 11) is 3.50. The molecule has 2 heterocycles. The first-order chi connectivity index (χ1) is 11.5. The maximum atomic E-state index is 11.8. The lowest BCUT2D eigenvalue weighted by Gasteiger charge is -2.34. The van der Waals surface area contributed by atoms with Crippen molar-refractivity contribution in [2.24, 2.45) is 0 Å². The van der Waals surface area contributed by atoms with Gasteiger partial charge in [0.1, 0.15) is 0 Å². The Morgan fingerprint density at radius 1 is 1.29 bits per heavy atom. The zero-order chi connectivity index (χ0) is 17.1. The number of hydrogen-bond donors (Lipinski definition) is 1. The average molecular weight is 327 g/mol. The number of carbonyl (C=O) groups is 1. The van der Waals surface area contributed by atoms with E-state index in [0.717, 1.165) is 19.6 Å². The molecule has 6 nitrogen and oxygen atoms in total. The minimum atomic E-state index is -0.0700. The molecule has 6 heteroatoms. The van der Waals surface area contributed by atoms with E-state index in [2.05, 4.69) is 52.6 Å². The molecule has 1 aliphatic rings. The van der Waals surface area contributed by atoms with Gasteiger partial charge in [0, 0.05) is 46.5 Å². The molecule has 128 valence electrons. The summed E-state index contributed by atoms with van der Waals surface area (Å²) in [6.07, 6.45) is 1.84. The predicted molar refractivity (Wildman–Crippen MR) is 93.6 cm³/mol. The van der Waals surface area contributed by atoms with Gasteiger partial charge in [0.2, 0.25) is 0 Å². The van der Waals surface area contributed by atoms with E-state index in [4.69, 9.17) is 0 Å². The highest BCUT2D eigenvalue weighted by atomic mass is 16.2. The number of benzene rings is 1. The van der Waals surface area contributed by atoms with E-state index in [9.17, 15) is 4.79 Å². The molecule has 0 saturated heterocycles. The highest BCUT2D eigenvalue weighted by molar-refractivity contribution is 5.73. The molecule has 1 aromatic carbocycles. The lowest BCUT2D eigenvalue weighted by Crippen LogP contribution is -2.44. The first-order valence-corrected chi connectivity index (χ1v) is 8.28. The smallest absolute Gasteiger partial charge is 0.316 e. The number of rotatable bonds is 4. The molecule has 0 bridgehead atoms. The number of nitrogens with zero attached hydrogens (tertiary/aromatic N) is 4. The second-order valence-electron chi connectivity index (χ2n) is 6.66. The van der Waals surface area contributed by atoms with Crippen molar-refractivity contribution in [2.45, 2.75) is 26.1 Å². The van der Waals surface area contributed by atoms with Gasteiger partial charge in [-0.25, -0.2) is 4.79 Å². The van der Waals surface area contributed by atoms with Crippen molar-refractivity contribution in [3.05, 3.63) is 53.3 Å². The summed E-state index contributed by atoms with van der Waals surface area (Å²) in [5.74, 6) is 0. The van der Waals surface area contributed by atoms with E-state index in [1.165, 1.54) is 16.8 Å². The number of carbonyl (C=O) groups excluding carboxylic acids is 1. The molecule has 0 spiro atoms. The molecule has 2 aromatic rings. The van der Waals surface area contributed by atoms with Crippen LogP contribution in [0.3, 0.4) is 0 Å². The van der Waals surface area contributed by atoms with Crippen molar-refractivity contribution in [1.29, 1.82) is 0 Å². The van der Waals surface area contributed by atoms with Crippen LogP contribution in [0.25, 0.3) is 0 Å². The van der Waals surface area contributed by atoms with Crippen molar-refractivity contribution in [1.82, 2.24) is 24.9 Å². The highest BCUT2D eigenvalue weighted by Crippen LogP contribution is 2.21. The van der Waals surface area contributed by atoms with E-state index >= 15 is 0 Å². The van der Waals surface area contributed by atoms with E-state index in [1.54, 1.807) is 19.0 Å². The number of aryl methyl sites for hydroxylation is 1. The summed E-state index contributed by atoms with van der Waals surface area (Å²) in [4.78, 5) is 15.8. The van der Waals surface area contributed by atoms with Crippen LogP contribution in [0.5, 0.6) is 0 Å². The van der Waals surface area contributed by atoms with E-state index in [0.29, 0.717) is 6.54 Å². The summed E-state index contributed by atoms with van der Waals surface area (Å²) < 4.78 is 2.04. The molecule has 24 heavy (non-hydrogen) atoms. The summed E-state index contributed by atoms with van der Waals surface area (Å²) >= 11 is 0. The van der Waals surface area contributed by atoms with Crippen molar-refractivity contribution < 1.29 is 4.79 Å². The molecule has 0 aliphatic carbocycles. The standard InChI is InChI=1S/C18H25N5O/c1-14-4-6-15(7-5-14)11-22-12-16-8-9-20-23(16)17(13-22)10-19-18(24)21(2)3/h4-9,17H,10-13H2,1-3H3,(H,19,24)/t17-/m1/s1. The van der Waals surface area contributed by atoms with Crippen LogP contribution < -0.4 is 5.32 Å². The van der Waals surface area contributed by atoms with Crippen LogP contribution in [0.2, 0.25) is 0 Å². The lowest BCUT2D eigenvalue weighted by molar-refractivity contribution is 0.162. The number of fused-ring (bicyclic) bond motifs is 1. The van der Waals surface area contributed by atoms with Gasteiger partial charge in [0.15, 0.2) is 0 Å². The van der Waals surface area contributed by atoms with E-state index in [1.807, 2.05) is 10.9 Å². The van der Waals surface area contributed by atoms with Crippen molar-refractivity contribution in [3.8, 4) is 0 Å². The number of aromatic nitrogens is 2. The molecular weight excluding hydrogens is 302 g/mol. The van der Waals surface area contributed by atoms with E-state index in [-0.39, 0.29) is 12.1 Å². The summed E-state index contributed by atoms with van der Waals surface area (Å²) in [6.45, 7) is 5.34. The highest BCUT2D eigenvalue weighted by Gasteiger charge is 2.26. The maximum absolute atomic E-state index is 11.8. The van der Waals surface area contributed by atoms with Gasteiger partial charge in [0.05, 0.1) is 11.7 Å². The minimum Gasteiger partial charge on any atom is -0.336 e. The second kappa shape index (κ2) is 7.05. The molecule has 1 aliphatic heterocycles. The first kappa shape index (κ1) is 16.5. The van der Waals surface area contributed by atoms with Crippen LogP contribution in [0.15, 0.2) is 36.5 Å².